The summed E-state index contributed by atoms with van der Waals surface area (Å²) in [5.41, 5.74) is 2.67. The molecular weight excluding hydrogens is 378 g/mol. The average Bonchev–Trinajstić information content (AvgIpc) is 3.35. The van der Waals surface area contributed by atoms with Gasteiger partial charge in [0.1, 0.15) is 0 Å². The maximum absolute atomic E-state index is 12.6. The summed E-state index contributed by atoms with van der Waals surface area (Å²) in [5, 5.41) is 2.75. The van der Waals surface area contributed by atoms with Crippen LogP contribution in [0.3, 0.4) is 0 Å². The first kappa shape index (κ1) is 18.6. The van der Waals surface area contributed by atoms with E-state index in [0.717, 1.165) is 24.1 Å². The zero-order chi connectivity index (χ0) is 19.9. The molecule has 146 valence electrons. The number of hydrogen-bond donors (Lipinski definition) is 2. The van der Waals surface area contributed by atoms with Crippen LogP contribution in [0.25, 0.3) is 0 Å². The number of nitrogens with zero attached hydrogens (tertiary/aromatic N) is 1. The molecule has 28 heavy (non-hydrogen) atoms. The molecule has 0 aromatic heterocycles. The fourth-order valence-corrected chi connectivity index (χ4v) is 4.65. The number of sulfonamides is 1. The number of carbonyl (C=O) groups excluding carboxylic acids is 2. The second-order valence-electron chi connectivity index (χ2n) is 7.14. The topological polar surface area (TPSA) is 95.6 Å². The summed E-state index contributed by atoms with van der Waals surface area (Å²) in [7, 11) is -3.58. The highest BCUT2D eigenvalue weighted by molar-refractivity contribution is 7.89. The Kier molecular flexibility index (Phi) is 4.68. The van der Waals surface area contributed by atoms with Crippen molar-refractivity contribution in [1.82, 2.24) is 4.72 Å². The van der Waals surface area contributed by atoms with Crippen molar-refractivity contribution in [2.24, 2.45) is 0 Å². The molecule has 2 aromatic carbocycles. The monoisotopic (exact) mass is 399 g/mol. The molecule has 0 saturated heterocycles. The lowest BCUT2D eigenvalue weighted by molar-refractivity contribution is -0.116. The minimum absolute atomic E-state index is 0.0178. The predicted molar refractivity (Wildman–Crippen MR) is 106 cm³/mol. The van der Waals surface area contributed by atoms with E-state index in [1.165, 1.54) is 19.1 Å². The molecule has 2 aromatic rings. The van der Waals surface area contributed by atoms with E-state index in [1.54, 1.807) is 35.2 Å². The molecule has 0 atom stereocenters. The second kappa shape index (κ2) is 7.03. The molecule has 0 unspecified atom stereocenters. The molecule has 0 spiro atoms. The third-order valence-electron chi connectivity index (χ3n) is 4.92. The van der Waals surface area contributed by atoms with Crippen molar-refractivity contribution in [3.05, 3.63) is 53.6 Å². The van der Waals surface area contributed by atoms with Gasteiger partial charge in [-0.15, -0.1) is 0 Å². The zero-order valence-electron chi connectivity index (χ0n) is 15.4. The highest BCUT2D eigenvalue weighted by atomic mass is 32.2. The van der Waals surface area contributed by atoms with E-state index in [2.05, 4.69) is 10.0 Å². The lowest BCUT2D eigenvalue weighted by Gasteiger charge is -2.15. The molecule has 1 fully saturated rings. The number of rotatable bonds is 5. The fourth-order valence-electron chi connectivity index (χ4n) is 3.30. The molecule has 1 aliphatic heterocycles. The van der Waals surface area contributed by atoms with Crippen LogP contribution >= 0.6 is 0 Å². The number of amides is 2. The van der Waals surface area contributed by atoms with Crippen molar-refractivity contribution >= 4 is 33.2 Å². The van der Waals surface area contributed by atoms with Gasteiger partial charge in [-0.25, -0.2) is 13.1 Å². The highest BCUT2D eigenvalue weighted by Crippen LogP contribution is 2.29. The number of fused-ring (bicyclic) bond motifs is 1. The van der Waals surface area contributed by atoms with Gasteiger partial charge in [0.2, 0.25) is 15.9 Å². The first-order valence-corrected chi connectivity index (χ1v) is 10.7. The van der Waals surface area contributed by atoms with Crippen molar-refractivity contribution in [1.29, 1.82) is 0 Å². The average molecular weight is 399 g/mol. The van der Waals surface area contributed by atoms with E-state index < -0.39 is 10.0 Å². The molecule has 1 aliphatic carbocycles. The molecule has 4 rings (SSSR count). The van der Waals surface area contributed by atoms with Gasteiger partial charge in [-0.1, -0.05) is 6.07 Å². The van der Waals surface area contributed by atoms with Crippen LogP contribution in [0.1, 0.15) is 35.7 Å². The Morgan fingerprint density at radius 2 is 1.89 bits per heavy atom. The summed E-state index contributed by atoms with van der Waals surface area (Å²) < 4.78 is 27.3. The van der Waals surface area contributed by atoms with E-state index in [4.69, 9.17) is 0 Å². The third kappa shape index (κ3) is 3.79. The number of carbonyl (C=O) groups is 2. The van der Waals surface area contributed by atoms with Crippen molar-refractivity contribution in [3.8, 4) is 0 Å². The second-order valence-corrected chi connectivity index (χ2v) is 8.86. The minimum atomic E-state index is -3.58. The molecule has 7 nitrogen and oxygen atoms in total. The van der Waals surface area contributed by atoms with Crippen LogP contribution < -0.4 is 14.9 Å². The van der Waals surface area contributed by atoms with Gasteiger partial charge in [-0.05, 0) is 61.2 Å². The van der Waals surface area contributed by atoms with Crippen molar-refractivity contribution in [2.75, 3.05) is 16.8 Å². The lowest BCUT2D eigenvalue weighted by Crippen LogP contribution is -2.26. The summed E-state index contributed by atoms with van der Waals surface area (Å²) in [5.74, 6) is -0.345. The van der Waals surface area contributed by atoms with Crippen molar-refractivity contribution in [3.63, 3.8) is 0 Å². The first-order valence-electron chi connectivity index (χ1n) is 9.18. The fraction of sp³-hybridized carbons (Fsp3) is 0.300. The Balaban J connectivity index is 1.51. The molecule has 2 N–H and O–H groups in total. The Bertz CT molecular complexity index is 1060. The van der Waals surface area contributed by atoms with Crippen LogP contribution in [-0.2, 0) is 21.2 Å². The summed E-state index contributed by atoms with van der Waals surface area (Å²) in [6.45, 7) is 2.14. The first-order chi connectivity index (χ1) is 13.3. The van der Waals surface area contributed by atoms with E-state index in [0.29, 0.717) is 24.2 Å². The normalized spacial score (nSPS) is 16.0. The number of nitrogens with one attached hydrogen (secondary N) is 2. The molecule has 8 heteroatoms. The maximum Gasteiger partial charge on any atom is 0.255 e. The molecule has 1 saturated carbocycles. The number of hydrogen-bond acceptors (Lipinski definition) is 4. The molecule has 0 bridgehead atoms. The number of anilines is 2. The van der Waals surface area contributed by atoms with Gasteiger partial charge in [-0.3, -0.25) is 9.59 Å². The standard InChI is InChI=1S/C20H21N3O4S/c1-13(24)23-10-9-14-11-15(5-8-19(14)23)20(25)21-17-3-2-4-18(12-17)28(26,27)22-16-6-7-16/h2-5,8,11-12,16,22H,6-7,9-10H2,1H3,(H,21,25). The zero-order valence-corrected chi connectivity index (χ0v) is 16.3. The van der Waals surface area contributed by atoms with E-state index in [9.17, 15) is 18.0 Å². The van der Waals surface area contributed by atoms with Crippen LogP contribution in [0.2, 0.25) is 0 Å². The van der Waals surface area contributed by atoms with Gasteiger partial charge in [-0.2, -0.15) is 0 Å². The van der Waals surface area contributed by atoms with Crippen LogP contribution in [0.15, 0.2) is 47.4 Å². The molecule has 2 aliphatic rings. The van der Waals surface area contributed by atoms with Crippen LogP contribution in [0.5, 0.6) is 0 Å². The summed E-state index contributed by atoms with van der Waals surface area (Å²) in [6.07, 6.45) is 2.42. The third-order valence-corrected chi connectivity index (χ3v) is 6.44. The Labute approximate surface area is 163 Å². The molecule has 1 heterocycles. The molecular formula is C20H21N3O4S. The maximum atomic E-state index is 12.6. The summed E-state index contributed by atoms with van der Waals surface area (Å²) in [4.78, 5) is 26.1. The minimum Gasteiger partial charge on any atom is -0.322 e. The molecule has 2 amide bonds. The van der Waals surface area contributed by atoms with Gasteiger partial charge in [0.25, 0.3) is 5.91 Å². The van der Waals surface area contributed by atoms with E-state index >= 15 is 0 Å². The van der Waals surface area contributed by atoms with E-state index in [-0.39, 0.29) is 22.8 Å². The van der Waals surface area contributed by atoms with Crippen molar-refractivity contribution < 1.29 is 18.0 Å². The van der Waals surface area contributed by atoms with Crippen molar-refractivity contribution in [2.45, 2.75) is 37.1 Å². The van der Waals surface area contributed by atoms with Crippen LogP contribution in [0, 0.1) is 0 Å². The lowest BCUT2D eigenvalue weighted by atomic mass is 10.1. The smallest absolute Gasteiger partial charge is 0.255 e. The highest BCUT2D eigenvalue weighted by Gasteiger charge is 2.28. The van der Waals surface area contributed by atoms with E-state index in [1.807, 2.05) is 0 Å². The predicted octanol–water partition coefficient (Wildman–Crippen LogP) is 2.29. The SMILES string of the molecule is CC(=O)N1CCc2cc(C(=O)Nc3cccc(S(=O)(=O)NC4CC4)c3)ccc21. The van der Waals surface area contributed by atoms with Gasteiger partial charge in [0, 0.05) is 36.4 Å². The van der Waals surface area contributed by atoms with Gasteiger partial charge < -0.3 is 10.2 Å². The van der Waals surface area contributed by atoms with Gasteiger partial charge in [0.05, 0.1) is 4.90 Å². The largest absolute Gasteiger partial charge is 0.322 e. The number of benzene rings is 2. The Morgan fingerprint density at radius 1 is 1.11 bits per heavy atom. The summed E-state index contributed by atoms with van der Waals surface area (Å²) in [6, 6.07) is 11.5. The Hall–Kier alpha value is -2.71. The quantitative estimate of drug-likeness (QED) is 0.806. The van der Waals surface area contributed by atoms with Crippen LogP contribution in [0.4, 0.5) is 11.4 Å². The van der Waals surface area contributed by atoms with Crippen LogP contribution in [-0.4, -0.2) is 32.8 Å². The Morgan fingerprint density at radius 3 is 2.61 bits per heavy atom. The molecule has 0 radical (unpaired) electrons. The summed E-state index contributed by atoms with van der Waals surface area (Å²) >= 11 is 0. The van der Waals surface area contributed by atoms with Gasteiger partial charge in [0.15, 0.2) is 0 Å². The van der Waals surface area contributed by atoms with Gasteiger partial charge >= 0.3 is 0 Å².